The van der Waals surface area contributed by atoms with Crippen molar-refractivity contribution in [3.05, 3.63) is 58.6 Å². The second-order valence-corrected chi connectivity index (χ2v) is 4.29. The highest BCUT2D eigenvalue weighted by Gasteiger charge is 2.09. The van der Waals surface area contributed by atoms with Crippen molar-refractivity contribution in [2.75, 3.05) is 11.1 Å². The van der Waals surface area contributed by atoms with Gasteiger partial charge in [-0.1, -0.05) is 17.7 Å². The summed E-state index contributed by atoms with van der Waals surface area (Å²) in [5, 5.41) is 11.7. The molecule has 5 heteroatoms. The molecule has 0 bridgehead atoms. The summed E-state index contributed by atoms with van der Waals surface area (Å²) in [5.41, 5.74) is 7.46. The van der Waals surface area contributed by atoms with Gasteiger partial charge in [-0.2, -0.15) is 5.26 Å². The highest BCUT2D eigenvalue weighted by atomic mass is 35.5. The van der Waals surface area contributed by atoms with Crippen LogP contribution >= 0.6 is 11.6 Å². The molecule has 0 aliphatic carbocycles. The molecule has 0 unspecified atom stereocenters. The first-order valence-electron chi connectivity index (χ1n) is 5.46. The first-order chi connectivity index (χ1) is 9.10. The Bertz CT molecular complexity index is 677. The molecule has 3 N–H and O–H groups in total. The van der Waals surface area contributed by atoms with E-state index in [0.717, 1.165) is 0 Å². The van der Waals surface area contributed by atoms with Crippen molar-refractivity contribution in [3.8, 4) is 6.07 Å². The van der Waals surface area contributed by atoms with Gasteiger partial charge in [0.05, 0.1) is 22.3 Å². The van der Waals surface area contributed by atoms with Crippen molar-refractivity contribution < 1.29 is 4.79 Å². The number of anilines is 2. The van der Waals surface area contributed by atoms with Crippen molar-refractivity contribution in [3.63, 3.8) is 0 Å². The Labute approximate surface area is 115 Å². The largest absolute Gasteiger partial charge is 0.399 e. The maximum atomic E-state index is 12.0. The number of carbonyl (C=O) groups excluding carboxylic acids is 1. The molecular formula is C14H10ClN3O. The smallest absolute Gasteiger partial charge is 0.255 e. The van der Waals surface area contributed by atoms with Gasteiger partial charge < -0.3 is 11.1 Å². The topological polar surface area (TPSA) is 78.9 Å². The molecule has 1 amide bonds. The first-order valence-corrected chi connectivity index (χ1v) is 5.84. The summed E-state index contributed by atoms with van der Waals surface area (Å²) >= 11 is 5.98. The van der Waals surface area contributed by atoms with Crippen molar-refractivity contribution in [1.82, 2.24) is 0 Å². The predicted molar refractivity (Wildman–Crippen MR) is 75.0 cm³/mol. The lowest BCUT2D eigenvalue weighted by Gasteiger charge is -2.07. The fourth-order valence-electron chi connectivity index (χ4n) is 1.56. The van der Waals surface area contributed by atoms with E-state index in [4.69, 9.17) is 22.6 Å². The van der Waals surface area contributed by atoms with Gasteiger partial charge in [0.2, 0.25) is 0 Å². The van der Waals surface area contributed by atoms with E-state index in [1.807, 2.05) is 6.07 Å². The number of halogens is 1. The number of nitrogens with one attached hydrogen (secondary N) is 1. The number of nitrogen functional groups attached to an aromatic ring is 1. The van der Waals surface area contributed by atoms with Crippen molar-refractivity contribution in [2.45, 2.75) is 0 Å². The zero-order valence-corrected chi connectivity index (χ0v) is 10.6. The van der Waals surface area contributed by atoms with Gasteiger partial charge in [-0.3, -0.25) is 4.79 Å². The average molecular weight is 272 g/mol. The zero-order chi connectivity index (χ0) is 13.8. The minimum Gasteiger partial charge on any atom is -0.399 e. The van der Waals surface area contributed by atoms with E-state index in [0.29, 0.717) is 27.5 Å². The Kier molecular flexibility index (Phi) is 3.69. The van der Waals surface area contributed by atoms with Crippen LogP contribution < -0.4 is 11.1 Å². The summed E-state index contributed by atoms with van der Waals surface area (Å²) < 4.78 is 0. The van der Waals surface area contributed by atoms with E-state index >= 15 is 0 Å². The third kappa shape index (κ3) is 3.03. The van der Waals surface area contributed by atoms with Crippen LogP contribution in [-0.2, 0) is 0 Å². The predicted octanol–water partition coefficient (Wildman–Crippen LogP) is 3.05. The summed E-state index contributed by atoms with van der Waals surface area (Å²) in [6, 6.07) is 13.3. The standard InChI is InChI=1S/C14H10ClN3O/c15-12-6-9(8-16)4-5-13(12)18-14(19)10-2-1-3-11(17)7-10/h1-7H,17H2,(H,18,19). The second-order valence-electron chi connectivity index (χ2n) is 3.89. The van der Waals surface area contributed by atoms with Crippen LogP contribution in [-0.4, -0.2) is 5.91 Å². The highest BCUT2D eigenvalue weighted by Crippen LogP contribution is 2.23. The minimum atomic E-state index is -0.307. The molecule has 0 saturated carbocycles. The number of benzene rings is 2. The molecule has 2 aromatic carbocycles. The number of nitrogens with two attached hydrogens (primary N) is 1. The molecule has 0 fully saturated rings. The Morgan fingerprint density at radius 3 is 2.68 bits per heavy atom. The molecule has 4 nitrogen and oxygen atoms in total. The molecule has 2 aromatic rings. The lowest BCUT2D eigenvalue weighted by atomic mass is 10.1. The molecular weight excluding hydrogens is 262 g/mol. The van der Waals surface area contributed by atoms with Gasteiger partial charge in [0.25, 0.3) is 5.91 Å². The van der Waals surface area contributed by atoms with Crippen LogP contribution in [0.25, 0.3) is 0 Å². The first kappa shape index (κ1) is 12.9. The van der Waals surface area contributed by atoms with Crippen LogP contribution in [0.2, 0.25) is 5.02 Å². The van der Waals surface area contributed by atoms with E-state index in [1.165, 1.54) is 6.07 Å². The Hall–Kier alpha value is -2.51. The fraction of sp³-hybridized carbons (Fsp3) is 0. The quantitative estimate of drug-likeness (QED) is 0.824. The van der Waals surface area contributed by atoms with Gasteiger partial charge in [0, 0.05) is 11.3 Å². The fourth-order valence-corrected chi connectivity index (χ4v) is 1.79. The number of rotatable bonds is 2. The van der Waals surface area contributed by atoms with Gasteiger partial charge in [-0.05, 0) is 36.4 Å². The van der Waals surface area contributed by atoms with E-state index in [9.17, 15) is 4.79 Å². The summed E-state index contributed by atoms with van der Waals surface area (Å²) in [6.45, 7) is 0. The minimum absolute atomic E-state index is 0.307. The van der Waals surface area contributed by atoms with Gasteiger partial charge in [0.15, 0.2) is 0 Å². The van der Waals surface area contributed by atoms with Crippen LogP contribution in [0.5, 0.6) is 0 Å². The molecule has 0 aliphatic heterocycles. The molecule has 0 aliphatic rings. The molecule has 0 saturated heterocycles. The second kappa shape index (κ2) is 5.42. The van der Waals surface area contributed by atoms with Gasteiger partial charge >= 0.3 is 0 Å². The van der Waals surface area contributed by atoms with Crippen molar-refractivity contribution in [2.24, 2.45) is 0 Å². The third-order valence-electron chi connectivity index (χ3n) is 2.50. The summed E-state index contributed by atoms with van der Waals surface area (Å²) in [4.78, 5) is 12.0. The maximum Gasteiger partial charge on any atom is 0.255 e. The summed E-state index contributed by atoms with van der Waals surface area (Å²) in [5.74, 6) is -0.307. The highest BCUT2D eigenvalue weighted by molar-refractivity contribution is 6.34. The lowest BCUT2D eigenvalue weighted by Crippen LogP contribution is -2.12. The summed E-state index contributed by atoms with van der Waals surface area (Å²) in [6.07, 6.45) is 0. The average Bonchev–Trinajstić information content (AvgIpc) is 2.41. The number of hydrogen-bond acceptors (Lipinski definition) is 3. The van der Waals surface area contributed by atoms with E-state index in [2.05, 4.69) is 5.32 Å². The Morgan fingerprint density at radius 1 is 1.26 bits per heavy atom. The van der Waals surface area contributed by atoms with Crippen LogP contribution in [0.4, 0.5) is 11.4 Å². The molecule has 0 atom stereocenters. The SMILES string of the molecule is N#Cc1ccc(NC(=O)c2cccc(N)c2)c(Cl)c1. The van der Waals surface area contributed by atoms with Crippen molar-refractivity contribution in [1.29, 1.82) is 5.26 Å². The van der Waals surface area contributed by atoms with Crippen LogP contribution in [0.1, 0.15) is 15.9 Å². The molecule has 0 radical (unpaired) electrons. The van der Waals surface area contributed by atoms with Gasteiger partial charge in [-0.15, -0.1) is 0 Å². The van der Waals surface area contributed by atoms with Gasteiger partial charge in [0.1, 0.15) is 0 Å². The van der Waals surface area contributed by atoms with E-state index in [-0.39, 0.29) is 5.91 Å². The molecule has 0 spiro atoms. The molecule has 19 heavy (non-hydrogen) atoms. The van der Waals surface area contributed by atoms with Crippen molar-refractivity contribution >= 4 is 28.9 Å². The van der Waals surface area contributed by atoms with Gasteiger partial charge in [-0.25, -0.2) is 0 Å². The molecule has 0 aromatic heterocycles. The number of carbonyl (C=O) groups is 1. The number of amides is 1. The van der Waals surface area contributed by atoms with Crippen LogP contribution in [0.15, 0.2) is 42.5 Å². The maximum absolute atomic E-state index is 12.0. The third-order valence-corrected chi connectivity index (χ3v) is 2.81. The number of nitrogens with zero attached hydrogens (tertiary/aromatic N) is 1. The lowest BCUT2D eigenvalue weighted by molar-refractivity contribution is 0.102. The number of nitriles is 1. The van der Waals surface area contributed by atoms with E-state index < -0.39 is 0 Å². The normalized spacial score (nSPS) is 9.68. The van der Waals surface area contributed by atoms with E-state index in [1.54, 1.807) is 36.4 Å². The number of hydrogen-bond donors (Lipinski definition) is 2. The molecule has 2 rings (SSSR count). The van der Waals surface area contributed by atoms with Crippen LogP contribution in [0, 0.1) is 11.3 Å². The Morgan fingerprint density at radius 2 is 2.05 bits per heavy atom. The molecule has 94 valence electrons. The summed E-state index contributed by atoms with van der Waals surface area (Å²) in [7, 11) is 0. The monoisotopic (exact) mass is 271 g/mol. The Balaban J connectivity index is 2.22. The van der Waals surface area contributed by atoms with Crippen LogP contribution in [0.3, 0.4) is 0 Å². The zero-order valence-electron chi connectivity index (χ0n) is 9.85. The molecule has 0 heterocycles.